The smallest absolute Gasteiger partial charge is 0.123 e. The van der Waals surface area contributed by atoms with Gasteiger partial charge < -0.3 is 5.32 Å². The molecule has 0 radical (unpaired) electrons. The Morgan fingerprint density at radius 1 is 1.14 bits per heavy atom. The van der Waals surface area contributed by atoms with Crippen LogP contribution >= 0.6 is 15.9 Å². The van der Waals surface area contributed by atoms with E-state index in [4.69, 9.17) is 0 Å². The monoisotopic (exact) mass is 350 g/mol. The van der Waals surface area contributed by atoms with E-state index < -0.39 is 0 Å². The minimum absolute atomic E-state index is 0.182. The first-order valence-electron chi connectivity index (χ1n) is 7.22. The van der Waals surface area contributed by atoms with Crippen LogP contribution in [0.15, 0.2) is 47.2 Å². The molecule has 1 unspecified atom stereocenters. The first-order valence-corrected chi connectivity index (χ1v) is 8.01. The fourth-order valence-electron chi connectivity index (χ4n) is 2.42. The number of rotatable bonds is 7. The van der Waals surface area contributed by atoms with E-state index in [2.05, 4.69) is 39.2 Å². The van der Waals surface area contributed by atoms with Gasteiger partial charge in [-0.15, -0.1) is 0 Å². The highest BCUT2D eigenvalue weighted by Gasteiger charge is 2.11. The molecule has 1 heterocycles. The molecule has 112 valence electrons. The lowest BCUT2D eigenvalue weighted by Gasteiger charge is -2.17. The largest absolute Gasteiger partial charge is 0.317 e. The van der Waals surface area contributed by atoms with Crippen LogP contribution in [0.3, 0.4) is 0 Å². The maximum absolute atomic E-state index is 13.0. The molecule has 0 saturated carbocycles. The fourth-order valence-corrected chi connectivity index (χ4v) is 2.83. The van der Waals surface area contributed by atoms with Crippen molar-refractivity contribution in [3.8, 4) is 0 Å². The molecule has 1 atom stereocenters. The molecule has 0 aliphatic carbocycles. The van der Waals surface area contributed by atoms with Gasteiger partial charge in [-0.1, -0.05) is 19.1 Å². The maximum Gasteiger partial charge on any atom is 0.123 e. The molecule has 4 heteroatoms. The minimum Gasteiger partial charge on any atom is -0.317 e. The molecule has 21 heavy (non-hydrogen) atoms. The van der Waals surface area contributed by atoms with Crippen LogP contribution in [0.25, 0.3) is 0 Å². The average Bonchev–Trinajstić information content (AvgIpc) is 2.47. The van der Waals surface area contributed by atoms with E-state index >= 15 is 0 Å². The molecule has 0 amide bonds. The molecule has 2 nitrogen and oxygen atoms in total. The molecule has 2 aromatic rings. The van der Waals surface area contributed by atoms with Crippen LogP contribution in [0.1, 0.15) is 18.1 Å². The molecule has 0 saturated heterocycles. The summed E-state index contributed by atoms with van der Waals surface area (Å²) < 4.78 is 14.0. The van der Waals surface area contributed by atoms with Crippen LogP contribution in [-0.2, 0) is 12.8 Å². The lowest BCUT2D eigenvalue weighted by molar-refractivity contribution is 0.477. The van der Waals surface area contributed by atoms with Crippen molar-refractivity contribution in [1.82, 2.24) is 10.3 Å². The van der Waals surface area contributed by atoms with Crippen molar-refractivity contribution in [1.29, 1.82) is 0 Å². The number of nitrogens with one attached hydrogen (secondary N) is 1. The highest BCUT2D eigenvalue weighted by molar-refractivity contribution is 9.10. The number of hydrogen-bond acceptors (Lipinski definition) is 2. The number of pyridine rings is 1. The number of halogens is 2. The summed E-state index contributed by atoms with van der Waals surface area (Å²) in [6, 6.07) is 8.90. The van der Waals surface area contributed by atoms with Gasteiger partial charge in [0.05, 0.1) is 0 Å². The highest BCUT2D eigenvalue weighted by atomic mass is 79.9. The van der Waals surface area contributed by atoms with E-state index in [1.165, 1.54) is 23.3 Å². The van der Waals surface area contributed by atoms with Gasteiger partial charge in [0.2, 0.25) is 0 Å². The molecular weight excluding hydrogens is 331 g/mol. The summed E-state index contributed by atoms with van der Waals surface area (Å²) in [7, 11) is 0. The summed E-state index contributed by atoms with van der Waals surface area (Å²) in [5.74, 6) is 0.282. The number of benzene rings is 1. The van der Waals surface area contributed by atoms with Crippen LogP contribution in [0, 0.1) is 11.7 Å². The van der Waals surface area contributed by atoms with E-state index in [-0.39, 0.29) is 5.82 Å². The van der Waals surface area contributed by atoms with Gasteiger partial charge in [-0.2, -0.15) is 0 Å². The standard InChI is InChI=1S/C17H20BrFN2/c1-2-20-10-14(7-13-3-5-17(19)6-4-13)8-15-9-16(18)12-21-11-15/h3-6,9,11-12,14,20H,2,7-8,10H2,1H3. The Bertz CT molecular complexity index is 557. The normalized spacial score (nSPS) is 12.3. The van der Waals surface area contributed by atoms with Gasteiger partial charge in [0.15, 0.2) is 0 Å². The van der Waals surface area contributed by atoms with Crippen molar-refractivity contribution in [2.24, 2.45) is 5.92 Å². The molecule has 1 aromatic carbocycles. The van der Waals surface area contributed by atoms with Gasteiger partial charge in [-0.3, -0.25) is 4.98 Å². The Balaban J connectivity index is 2.04. The van der Waals surface area contributed by atoms with E-state index in [1.54, 1.807) is 6.20 Å². The van der Waals surface area contributed by atoms with E-state index in [9.17, 15) is 4.39 Å². The first-order chi connectivity index (χ1) is 10.2. The SMILES string of the molecule is CCNCC(Cc1ccc(F)cc1)Cc1cncc(Br)c1. The van der Waals surface area contributed by atoms with Crippen molar-refractivity contribution in [3.05, 3.63) is 64.1 Å². The summed E-state index contributed by atoms with van der Waals surface area (Å²) in [5, 5.41) is 3.41. The molecule has 1 N–H and O–H groups in total. The molecule has 0 bridgehead atoms. The van der Waals surface area contributed by atoms with Gasteiger partial charge in [-0.25, -0.2) is 4.39 Å². The molecule has 2 rings (SSSR count). The molecular formula is C17H20BrFN2. The Morgan fingerprint density at radius 3 is 2.52 bits per heavy atom. The van der Waals surface area contributed by atoms with Crippen molar-refractivity contribution >= 4 is 15.9 Å². The molecule has 1 aromatic heterocycles. The van der Waals surface area contributed by atoms with Crippen LogP contribution in [0.4, 0.5) is 4.39 Å². The maximum atomic E-state index is 13.0. The van der Waals surface area contributed by atoms with E-state index in [0.29, 0.717) is 5.92 Å². The van der Waals surface area contributed by atoms with Gasteiger partial charge in [0, 0.05) is 16.9 Å². The first kappa shape index (κ1) is 16.1. The van der Waals surface area contributed by atoms with Crippen molar-refractivity contribution in [2.75, 3.05) is 13.1 Å². The Morgan fingerprint density at radius 2 is 1.86 bits per heavy atom. The van der Waals surface area contributed by atoms with Crippen molar-refractivity contribution < 1.29 is 4.39 Å². The predicted octanol–water partition coefficient (Wildman–Crippen LogP) is 3.99. The number of aromatic nitrogens is 1. The van der Waals surface area contributed by atoms with E-state index in [1.807, 2.05) is 18.3 Å². The molecule has 0 aliphatic rings. The van der Waals surface area contributed by atoms with Crippen LogP contribution < -0.4 is 5.32 Å². The third kappa shape index (κ3) is 5.56. The second-order valence-electron chi connectivity index (χ2n) is 5.22. The summed E-state index contributed by atoms with van der Waals surface area (Å²) in [4.78, 5) is 4.22. The lowest BCUT2D eigenvalue weighted by Crippen LogP contribution is -2.25. The van der Waals surface area contributed by atoms with Crippen LogP contribution in [0.5, 0.6) is 0 Å². The van der Waals surface area contributed by atoms with Crippen LogP contribution in [-0.4, -0.2) is 18.1 Å². The number of nitrogens with zero attached hydrogens (tertiary/aromatic N) is 1. The van der Waals surface area contributed by atoms with Gasteiger partial charge in [-0.05, 0) is 77.1 Å². The Kier molecular flexibility index (Phi) is 6.33. The quantitative estimate of drug-likeness (QED) is 0.816. The summed E-state index contributed by atoms with van der Waals surface area (Å²) in [6.07, 6.45) is 5.59. The molecule has 0 aliphatic heterocycles. The summed E-state index contributed by atoms with van der Waals surface area (Å²) in [5.41, 5.74) is 2.39. The Hall–Kier alpha value is -1.26. The van der Waals surface area contributed by atoms with Crippen molar-refractivity contribution in [2.45, 2.75) is 19.8 Å². The zero-order chi connectivity index (χ0) is 15.1. The molecule has 0 fully saturated rings. The second kappa shape index (κ2) is 8.25. The Labute approximate surface area is 133 Å². The van der Waals surface area contributed by atoms with Gasteiger partial charge >= 0.3 is 0 Å². The van der Waals surface area contributed by atoms with Gasteiger partial charge in [0.25, 0.3) is 0 Å². The average molecular weight is 351 g/mol. The number of hydrogen-bond donors (Lipinski definition) is 1. The molecule has 0 spiro atoms. The highest BCUT2D eigenvalue weighted by Crippen LogP contribution is 2.17. The van der Waals surface area contributed by atoms with Gasteiger partial charge in [0.1, 0.15) is 5.82 Å². The zero-order valence-corrected chi connectivity index (χ0v) is 13.7. The van der Waals surface area contributed by atoms with Crippen LogP contribution in [0.2, 0.25) is 0 Å². The fraction of sp³-hybridized carbons (Fsp3) is 0.353. The third-order valence-electron chi connectivity index (χ3n) is 3.41. The third-order valence-corrected chi connectivity index (χ3v) is 3.84. The topological polar surface area (TPSA) is 24.9 Å². The lowest BCUT2D eigenvalue weighted by atomic mass is 9.93. The summed E-state index contributed by atoms with van der Waals surface area (Å²) >= 11 is 3.46. The zero-order valence-electron chi connectivity index (χ0n) is 12.2. The second-order valence-corrected chi connectivity index (χ2v) is 6.14. The minimum atomic E-state index is -0.182. The summed E-state index contributed by atoms with van der Waals surface area (Å²) in [6.45, 7) is 4.01. The predicted molar refractivity (Wildman–Crippen MR) is 87.8 cm³/mol. The van der Waals surface area contributed by atoms with Crippen molar-refractivity contribution in [3.63, 3.8) is 0 Å². The van der Waals surface area contributed by atoms with E-state index in [0.717, 1.165) is 30.4 Å².